The predicted molar refractivity (Wildman–Crippen MR) is 83.6 cm³/mol. The minimum atomic E-state index is -0.766. The third-order valence-electron chi connectivity index (χ3n) is 4.65. The van der Waals surface area contributed by atoms with Crippen molar-refractivity contribution in [2.24, 2.45) is 11.7 Å². The van der Waals surface area contributed by atoms with Gasteiger partial charge in [0, 0.05) is 6.54 Å². The highest BCUT2D eigenvalue weighted by atomic mass is 16.3. The second-order valence-corrected chi connectivity index (χ2v) is 6.18. The Kier molecular flexibility index (Phi) is 5.37. The number of nitrogens with one attached hydrogen (secondary N) is 1. The Bertz CT molecular complexity index is 453. The molecule has 0 aliphatic heterocycles. The number of benzene rings is 1. The molecule has 0 heterocycles. The Balaban J connectivity index is 1.84. The molecule has 116 valence electrons. The number of hydrogen-bond donors (Lipinski definition) is 3. The Labute approximate surface area is 126 Å². The number of rotatable bonds is 5. The van der Waals surface area contributed by atoms with Crippen molar-refractivity contribution in [2.45, 2.75) is 50.7 Å². The highest BCUT2D eigenvalue weighted by Gasteiger charge is 2.33. The van der Waals surface area contributed by atoms with Gasteiger partial charge in [-0.25, -0.2) is 0 Å². The lowest BCUT2D eigenvalue weighted by atomic mass is 9.78. The van der Waals surface area contributed by atoms with E-state index in [1.807, 2.05) is 30.3 Å². The smallest absolute Gasteiger partial charge is 0.241 e. The molecule has 0 unspecified atom stereocenters. The summed E-state index contributed by atoms with van der Waals surface area (Å²) in [4.78, 5) is 12.1. The summed E-state index contributed by atoms with van der Waals surface area (Å²) in [6.45, 7) is 2.48. The molecule has 1 aliphatic carbocycles. The van der Waals surface area contributed by atoms with Gasteiger partial charge in [-0.15, -0.1) is 0 Å². The van der Waals surface area contributed by atoms with Crippen LogP contribution in [0.3, 0.4) is 0 Å². The highest BCUT2D eigenvalue weighted by molar-refractivity contribution is 5.82. The number of carbonyl (C=O) groups excluding carboxylic acids is 1. The molecule has 1 aromatic carbocycles. The maximum absolute atomic E-state index is 12.1. The van der Waals surface area contributed by atoms with Crippen LogP contribution in [0.4, 0.5) is 0 Å². The number of nitrogens with two attached hydrogens (primary N) is 1. The highest BCUT2D eigenvalue weighted by Crippen LogP contribution is 2.33. The molecule has 0 saturated heterocycles. The molecule has 2 rings (SSSR count). The number of hydrogen-bond acceptors (Lipinski definition) is 3. The maximum Gasteiger partial charge on any atom is 0.241 e. The molecule has 1 aromatic rings. The van der Waals surface area contributed by atoms with Crippen molar-refractivity contribution in [1.82, 2.24) is 5.32 Å². The molecule has 1 amide bonds. The fourth-order valence-corrected chi connectivity index (χ4v) is 2.97. The molecule has 1 atom stereocenters. The van der Waals surface area contributed by atoms with Gasteiger partial charge >= 0.3 is 0 Å². The third kappa shape index (κ3) is 4.29. The SMILES string of the molecule is CCC1CCC(O)(CNC(=O)[C@@H](N)c2ccccc2)CC1. The molecule has 0 aromatic heterocycles. The number of aliphatic hydroxyl groups is 1. The van der Waals surface area contributed by atoms with Crippen LogP contribution in [0.2, 0.25) is 0 Å². The largest absolute Gasteiger partial charge is 0.388 e. The first-order valence-electron chi connectivity index (χ1n) is 7.85. The van der Waals surface area contributed by atoms with Gasteiger partial charge in [-0.05, 0) is 37.2 Å². The zero-order valence-corrected chi connectivity index (χ0v) is 12.7. The standard InChI is InChI=1S/C17H26N2O2/c1-2-13-8-10-17(21,11-9-13)12-19-16(20)15(18)14-6-4-3-5-7-14/h3-7,13,15,21H,2,8-12,18H2,1H3,(H,19,20)/t13?,15-,17?/m0/s1. The molecule has 4 N–H and O–H groups in total. The molecule has 1 saturated carbocycles. The lowest BCUT2D eigenvalue weighted by Crippen LogP contribution is -2.47. The molecule has 21 heavy (non-hydrogen) atoms. The average Bonchev–Trinajstić information content (AvgIpc) is 2.53. The zero-order chi connectivity index (χ0) is 15.3. The van der Waals surface area contributed by atoms with Crippen molar-refractivity contribution in [3.8, 4) is 0 Å². The van der Waals surface area contributed by atoms with E-state index in [0.29, 0.717) is 12.5 Å². The Morgan fingerprint density at radius 1 is 1.38 bits per heavy atom. The lowest BCUT2D eigenvalue weighted by Gasteiger charge is -2.36. The first kappa shape index (κ1) is 16.0. The number of carbonyl (C=O) groups is 1. The summed E-state index contributed by atoms with van der Waals surface area (Å²) in [7, 11) is 0. The first-order valence-corrected chi connectivity index (χ1v) is 7.85. The Morgan fingerprint density at radius 3 is 2.57 bits per heavy atom. The molecule has 0 bridgehead atoms. The van der Waals surface area contributed by atoms with Crippen LogP contribution < -0.4 is 11.1 Å². The van der Waals surface area contributed by atoms with Gasteiger partial charge in [0.2, 0.25) is 5.91 Å². The minimum Gasteiger partial charge on any atom is -0.388 e. The van der Waals surface area contributed by atoms with Crippen molar-refractivity contribution in [2.75, 3.05) is 6.54 Å². The van der Waals surface area contributed by atoms with Crippen LogP contribution in [-0.2, 0) is 4.79 Å². The van der Waals surface area contributed by atoms with Crippen LogP contribution in [0.15, 0.2) is 30.3 Å². The van der Waals surface area contributed by atoms with Crippen LogP contribution >= 0.6 is 0 Å². The van der Waals surface area contributed by atoms with E-state index in [2.05, 4.69) is 12.2 Å². The van der Waals surface area contributed by atoms with E-state index in [-0.39, 0.29) is 5.91 Å². The summed E-state index contributed by atoms with van der Waals surface area (Å²) in [5.41, 5.74) is 5.97. The Morgan fingerprint density at radius 2 is 2.00 bits per heavy atom. The van der Waals surface area contributed by atoms with Gasteiger partial charge in [0.1, 0.15) is 6.04 Å². The van der Waals surface area contributed by atoms with E-state index in [0.717, 1.165) is 31.2 Å². The second-order valence-electron chi connectivity index (χ2n) is 6.18. The van der Waals surface area contributed by atoms with Crippen molar-refractivity contribution in [1.29, 1.82) is 0 Å². The lowest BCUT2D eigenvalue weighted by molar-refractivity contribution is -0.124. The molecular weight excluding hydrogens is 264 g/mol. The van der Waals surface area contributed by atoms with Gasteiger partial charge < -0.3 is 16.2 Å². The van der Waals surface area contributed by atoms with Gasteiger partial charge in [0.25, 0.3) is 0 Å². The maximum atomic E-state index is 12.1. The molecular formula is C17H26N2O2. The van der Waals surface area contributed by atoms with E-state index < -0.39 is 11.6 Å². The van der Waals surface area contributed by atoms with Crippen LogP contribution in [0.1, 0.15) is 50.6 Å². The minimum absolute atomic E-state index is 0.229. The van der Waals surface area contributed by atoms with Crippen molar-refractivity contribution in [3.63, 3.8) is 0 Å². The topological polar surface area (TPSA) is 75.3 Å². The average molecular weight is 290 g/mol. The fraction of sp³-hybridized carbons (Fsp3) is 0.588. The molecule has 4 nitrogen and oxygen atoms in total. The van der Waals surface area contributed by atoms with E-state index in [9.17, 15) is 9.90 Å². The van der Waals surface area contributed by atoms with Crippen molar-refractivity contribution >= 4 is 5.91 Å². The van der Waals surface area contributed by atoms with Crippen molar-refractivity contribution in [3.05, 3.63) is 35.9 Å². The quantitative estimate of drug-likeness (QED) is 0.777. The van der Waals surface area contributed by atoms with Crippen molar-refractivity contribution < 1.29 is 9.90 Å². The zero-order valence-electron chi connectivity index (χ0n) is 12.7. The van der Waals surface area contributed by atoms with Crippen LogP contribution in [-0.4, -0.2) is 23.2 Å². The Hall–Kier alpha value is -1.39. The number of amides is 1. The fourth-order valence-electron chi connectivity index (χ4n) is 2.97. The molecule has 1 fully saturated rings. The van der Waals surface area contributed by atoms with Gasteiger partial charge in [-0.3, -0.25) is 4.79 Å². The van der Waals surface area contributed by atoms with Gasteiger partial charge in [-0.2, -0.15) is 0 Å². The van der Waals surface area contributed by atoms with Crippen LogP contribution in [0.5, 0.6) is 0 Å². The summed E-state index contributed by atoms with van der Waals surface area (Å²) in [5.74, 6) is 0.486. The third-order valence-corrected chi connectivity index (χ3v) is 4.65. The second kappa shape index (κ2) is 7.05. The molecule has 4 heteroatoms. The van der Waals surface area contributed by atoms with E-state index in [1.165, 1.54) is 6.42 Å². The normalized spacial score (nSPS) is 27.1. The van der Waals surface area contributed by atoms with E-state index >= 15 is 0 Å². The van der Waals surface area contributed by atoms with E-state index in [1.54, 1.807) is 0 Å². The molecule has 0 radical (unpaired) electrons. The van der Waals surface area contributed by atoms with E-state index in [4.69, 9.17) is 5.73 Å². The van der Waals surface area contributed by atoms with Crippen LogP contribution in [0.25, 0.3) is 0 Å². The molecule has 0 spiro atoms. The monoisotopic (exact) mass is 290 g/mol. The summed E-state index contributed by atoms with van der Waals surface area (Å²) in [6.07, 6.45) is 4.75. The van der Waals surface area contributed by atoms with Gasteiger partial charge in [0.15, 0.2) is 0 Å². The summed E-state index contributed by atoms with van der Waals surface area (Å²) in [5, 5.41) is 13.3. The summed E-state index contributed by atoms with van der Waals surface area (Å²) in [6, 6.07) is 8.62. The predicted octanol–water partition coefficient (Wildman–Crippen LogP) is 2.13. The van der Waals surface area contributed by atoms with Gasteiger partial charge in [0.05, 0.1) is 5.60 Å². The van der Waals surface area contributed by atoms with Gasteiger partial charge in [-0.1, -0.05) is 43.7 Å². The van der Waals surface area contributed by atoms with Crippen LogP contribution in [0, 0.1) is 5.92 Å². The molecule has 1 aliphatic rings. The first-order chi connectivity index (χ1) is 10.0. The summed E-state index contributed by atoms with van der Waals surface area (Å²) < 4.78 is 0. The summed E-state index contributed by atoms with van der Waals surface area (Å²) >= 11 is 0.